The summed E-state index contributed by atoms with van der Waals surface area (Å²) < 4.78 is 5.83. The van der Waals surface area contributed by atoms with E-state index in [1.165, 1.54) is 12.1 Å². The van der Waals surface area contributed by atoms with Gasteiger partial charge in [-0.1, -0.05) is 33.6 Å². The molecular weight excluding hydrogens is 300 g/mol. The maximum atomic E-state index is 10.7. The number of aromatic carboxylic acids is 1. The monoisotopic (exact) mass is 310 g/mol. The number of carboxylic acid groups (broad SMARTS) is 1. The van der Waals surface area contributed by atoms with Gasteiger partial charge in [0.15, 0.2) is 0 Å². The number of hydrogen-bond donors (Lipinski definition) is 2. The van der Waals surface area contributed by atoms with Crippen LogP contribution < -0.4 is 0 Å². The SMILES string of the molecule is Cc1ccc(Br)c(C(O)c2ccc(C(=O)O)o2)c1. The van der Waals surface area contributed by atoms with Crippen LogP contribution in [0.2, 0.25) is 0 Å². The maximum Gasteiger partial charge on any atom is 0.371 e. The summed E-state index contributed by atoms with van der Waals surface area (Å²) in [5.41, 5.74) is 1.64. The summed E-state index contributed by atoms with van der Waals surface area (Å²) in [7, 11) is 0. The third-order valence-electron chi connectivity index (χ3n) is 2.55. The summed E-state index contributed by atoms with van der Waals surface area (Å²) in [6.07, 6.45) is -0.993. The van der Waals surface area contributed by atoms with Gasteiger partial charge in [0.05, 0.1) is 0 Å². The van der Waals surface area contributed by atoms with E-state index in [9.17, 15) is 9.90 Å². The number of aryl methyl sites for hydroxylation is 1. The molecule has 0 aliphatic carbocycles. The lowest BCUT2D eigenvalue weighted by Crippen LogP contribution is -2.00. The predicted molar refractivity (Wildman–Crippen MR) is 68.6 cm³/mol. The van der Waals surface area contributed by atoms with Crippen molar-refractivity contribution in [3.8, 4) is 0 Å². The molecule has 2 N–H and O–H groups in total. The van der Waals surface area contributed by atoms with Gasteiger partial charge in [0.1, 0.15) is 11.9 Å². The van der Waals surface area contributed by atoms with E-state index in [2.05, 4.69) is 15.9 Å². The van der Waals surface area contributed by atoms with Gasteiger partial charge in [0.2, 0.25) is 5.76 Å². The molecule has 0 fully saturated rings. The van der Waals surface area contributed by atoms with E-state index in [0.29, 0.717) is 5.56 Å². The number of hydrogen-bond acceptors (Lipinski definition) is 3. The highest BCUT2D eigenvalue weighted by Crippen LogP contribution is 2.30. The molecule has 0 amide bonds. The number of benzene rings is 1. The molecule has 0 saturated heterocycles. The lowest BCUT2D eigenvalue weighted by molar-refractivity contribution is 0.0655. The molecule has 0 aliphatic heterocycles. The molecule has 18 heavy (non-hydrogen) atoms. The smallest absolute Gasteiger partial charge is 0.371 e. The summed E-state index contributed by atoms with van der Waals surface area (Å²) in [4.78, 5) is 10.7. The second kappa shape index (κ2) is 4.96. The Morgan fingerprint density at radius 3 is 2.67 bits per heavy atom. The van der Waals surface area contributed by atoms with Gasteiger partial charge in [-0.2, -0.15) is 0 Å². The van der Waals surface area contributed by atoms with Crippen LogP contribution in [0.25, 0.3) is 0 Å². The van der Waals surface area contributed by atoms with E-state index in [4.69, 9.17) is 9.52 Å². The van der Waals surface area contributed by atoms with Crippen molar-refractivity contribution < 1.29 is 19.4 Å². The number of aliphatic hydroxyl groups excluding tert-OH is 1. The minimum Gasteiger partial charge on any atom is -0.475 e. The van der Waals surface area contributed by atoms with E-state index in [-0.39, 0.29) is 11.5 Å². The van der Waals surface area contributed by atoms with Crippen molar-refractivity contribution in [3.05, 3.63) is 57.5 Å². The molecule has 4 nitrogen and oxygen atoms in total. The number of carbonyl (C=O) groups is 1. The van der Waals surface area contributed by atoms with Gasteiger partial charge in [-0.05, 0) is 25.1 Å². The zero-order valence-electron chi connectivity index (χ0n) is 9.55. The first-order valence-corrected chi connectivity index (χ1v) is 6.05. The Bertz CT molecular complexity index is 588. The highest BCUT2D eigenvalue weighted by Gasteiger charge is 2.19. The number of aliphatic hydroxyl groups is 1. The molecule has 0 bridgehead atoms. The van der Waals surface area contributed by atoms with Crippen LogP contribution >= 0.6 is 15.9 Å². The molecule has 2 aromatic rings. The molecule has 1 aromatic heterocycles. The largest absolute Gasteiger partial charge is 0.475 e. The normalized spacial score (nSPS) is 12.4. The molecule has 0 saturated carbocycles. The molecule has 0 spiro atoms. The summed E-state index contributed by atoms with van der Waals surface area (Å²) in [5.74, 6) is -1.14. The first kappa shape index (κ1) is 12.9. The number of carboxylic acids is 1. The highest BCUT2D eigenvalue weighted by atomic mass is 79.9. The molecular formula is C13H11BrO4. The van der Waals surface area contributed by atoms with Crippen molar-refractivity contribution in [2.24, 2.45) is 0 Å². The Morgan fingerprint density at radius 2 is 2.06 bits per heavy atom. The Morgan fingerprint density at radius 1 is 1.33 bits per heavy atom. The Hall–Kier alpha value is -1.59. The Balaban J connectivity index is 2.37. The van der Waals surface area contributed by atoms with Crippen molar-refractivity contribution in [3.63, 3.8) is 0 Å². The number of furan rings is 1. The zero-order chi connectivity index (χ0) is 13.3. The fourth-order valence-corrected chi connectivity index (χ4v) is 2.10. The van der Waals surface area contributed by atoms with E-state index in [1.807, 2.05) is 25.1 Å². The quantitative estimate of drug-likeness (QED) is 0.913. The van der Waals surface area contributed by atoms with Gasteiger partial charge in [-0.3, -0.25) is 0 Å². The molecule has 0 aliphatic rings. The van der Waals surface area contributed by atoms with Crippen LogP contribution in [0.1, 0.15) is 33.5 Å². The van der Waals surface area contributed by atoms with E-state index in [1.54, 1.807) is 0 Å². The van der Waals surface area contributed by atoms with Gasteiger partial charge in [-0.15, -0.1) is 0 Å². The standard InChI is InChI=1S/C13H11BrO4/c1-7-2-3-9(14)8(6-7)12(15)10-4-5-11(18-10)13(16)17/h2-6,12,15H,1H3,(H,16,17). The molecule has 1 heterocycles. The van der Waals surface area contributed by atoms with Crippen molar-refractivity contribution in [2.45, 2.75) is 13.0 Å². The lowest BCUT2D eigenvalue weighted by Gasteiger charge is -2.11. The summed E-state index contributed by atoms with van der Waals surface area (Å²) >= 11 is 3.35. The van der Waals surface area contributed by atoms with E-state index < -0.39 is 12.1 Å². The second-order valence-electron chi connectivity index (χ2n) is 3.93. The highest BCUT2D eigenvalue weighted by molar-refractivity contribution is 9.10. The van der Waals surface area contributed by atoms with Gasteiger partial charge in [0.25, 0.3) is 0 Å². The Labute approximate surface area is 112 Å². The summed E-state index contributed by atoms with van der Waals surface area (Å²) in [6.45, 7) is 1.91. The Kier molecular flexibility index (Phi) is 3.54. The third kappa shape index (κ3) is 2.47. The first-order chi connectivity index (χ1) is 8.49. The molecule has 1 aromatic carbocycles. The number of halogens is 1. The van der Waals surface area contributed by atoms with Crippen LogP contribution in [-0.2, 0) is 0 Å². The van der Waals surface area contributed by atoms with Gasteiger partial charge < -0.3 is 14.6 Å². The fourth-order valence-electron chi connectivity index (χ4n) is 1.64. The fraction of sp³-hybridized carbons (Fsp3) is 0.154. The van der Waals surface area contributed by atoms with Crippen molar-refractivity contribution in [2.75, 3.05) is 0 Å². The minimum atomic E-state index is -1.16. The van der Waals surface area contributed by atoms with Gasteiger partial charge in [-0.25, -0.2) is 4.79 Å². The second-order valence-corrected chi connectivity index (χ2v) is 4.79. The predicted octanol–water partition coefficient (Wildman–Crippen LogP) is 3.13. The van der Waals surface area contributed by atoms with Gasteiger partial charge in [0, 0.05) is 10.0 Å². The minimum absolute atomic E-state index is 0.187. The number of rotatable bonds is 3. The molecule has 0 radical (unpaired) electrons. The third-order valence-corrected chi connectivity index (χ3v) is 3.28. The first-order valence-electron chi connectivity index (χ1n) is 5.26. The molecule has 5 heteroatoms. The van der Waals surface area contributed by atoms with Crippen molar-refractivity contribution >= 4 is 21.9 Å². The van der Waals surface area contributed by atoms with Crippen molar-refractivity contribution in [1.82, 2.24) is 0 Å². The molecule has 2 rings (SSSR count). The topological polar surface area (TPSA) is 70.7 Å². The van der Waals surface area contributed by atoms with E-state index in [0.717, 1.165) is 10.0 Å². The van der Waals surface area contributed by atoms with Crippen LogP contribution in [-0.4, -0.2) is 16.2 Å². The summed E-state index contributed by atoms with van der Waals surface area (Å²) in [6, 6.07) is 8.34. The van der Waals surface area contributed by atoms with Crippen LogP contribution in [0.5, 0.6) is 0 Å². The molecule has 94 valence electrons. The maximum absolute atomic E-state index is 10.7. The molecule has 1 unspecified atom stereocenters. The molecule has 1 atom stereocenters. The lowest BCUT2D eigenvalue weighted by atomic mass is 10.1. The van der Waals surface area contributed by atoms with E-state index >= 15 is 0 Å². The van der Waals surface area contributed by atoms with Crippen LogP contribution in [0, 0.1) is 6.92 Å². The average Bonchev–Trinajstić information content (AvgIpc) is 2.81. The zero-order valence-corrected chi connectivity index (χ0v) is 11.1. The van der Waals surface area contributed by atoms with Gasteiger partial charge >= 0.3 is 5.97 Å². The van der Waals surface area contributed by atoms with Crippen LogP contribution in [0.15, 0.2) is 39.2 Å². The summed E-state index contributed by atoms with van der Waals surface area (Å²) in [5, 5.41) is 18.9. The van der Waals surface area contributed by atoms with Crippen molar-refractivity contribution in [1.29, 1.82) is 0 Å². The van der Waals surface area contributed by atoms with Crippen LogP contribution in [0.3, 0.4) is 0 Å². The average molecular weight is 311 g/mol. The van der Waals surface area contributed by atoms with Crippen LogP contribution in [0.4, 0.5) is 0 Å².